The highest BCUT2D eigenvalue weighted by molar-refractivity contribution is 6.00. The van der Waals surface area contributed by atoms with Gasteiger partial charge in [-0.05, 0) is 78.0 Å². The number of nitrogens with zero attached hydrogens (tertiary/aromatic N) is 4. The van der Waals surface area contributed by atoms with E-state index in [0.29, 0.717) is 28.9 Å². The molecule has 8 heteroatoms. The summed E-state index contributed by atoms with van der Waals surface area (Å²) in [5.41, 5.74) is 4.11. The Balaban J connectivity index is 1.48. The van der Waals surface area contributed by atoms with Crippen LogP contribution in [0.4, 0.5) is 23.1 Å². The molecule has 1 saturated heterocycles. The van der Waals surface area contributed by atoms with Crippen molar-refractivity contribution in [2.45, 2.75) is 45.6 Å². The highest BCUT2D eigenvalue weighted by Crippen LogP contribution is 2.27. The number of carbonyl (C=O) groups excluding carboxylic acids is 1. The topological polar surface area (TPSA) is 95.1 Å². The monoisotopic (exact) mass is 459 g/mol. The summed E-state index contributed by atoms with van der Waals surface area (Å²) in [6.45, 7) is 8.04. The summed E-state index contributed by atoms with van der Waals surface area (Å²) in [7, 11) is 2.17. The molecule has 0 unspecified atom stereocenters. The first-order valence-electron chi connectivity index (χ1n) is 11.8. The van der Waals surface area contributed by atoms with Crippen LogP contribution in [0.1, 0.15) is 54.2 Å². The Morgan fingerprint density at radius 3 is 2.50 bits per heavy atom. The number of aromatic nitrogens is 3. The summed E-state index contributed by atoms with van der Waals surface area (Å²) >= 11 is 0. The molecule has 1 amide bonds. The second-order valence-electron chi connectivity index (χ2n) is 9.20. The lowest BCUT2D eigenvalue weighted by atomic mass is 9.93. The zero-order valence-electron chi connectivity index (χ0n) is 20.3. The fourth-order valence-electron chi connectivity index (χ4n) is 4.04. The minimum Gasteiger partial charge on any atom is -0.350 e. The van der Waals surface area contributed by atoms with Gasteiger partial charge in [0.1, 0.15) is 5.82 Å². The maximum Gasteiger partial charge on any atom is 0.253 e. The number of rotatable bonds is 7. The predicted octanol–water partition coefficient (Wildman–Crippen LogP) is 4.61. The number of amides is 1. The highest BCUT2D eigenvalue weighted by atomic mass is 16.1. The molecule has 4 rings (SSSR count). The van der Waals surface area contributed by atoms with Crippen molar-refractivity contribution in [1.82, 2.24) is 25.2 Å². The smallest absolute Gasteiger partial charge is 0.253 e. The molecule has 1 aliphatic heterocycles. The third-order valence-electron chi connectivity index (χ3n) is 6.00. The first kappa shape index (κ1) is 23.6. The molecule has 0 aliphatic carbocycles. The van der Waals surface area contributed by atoms with Crippen molar-refractivity contribution in [3.05, 3.63) is 65.6 Å². The highest BCUT2D eigenvalue weighted by Gasteiger charge is 2.19. The lowest BCUT2D eigenvalue weighted by Gasteiger charge is -2.28. The van der Waals surface area contributed by atoms with Crippen molar-refractivity contribution in [2.24, 2.45) is 0 Å². The van der Waals surface area contributed by atoms with Crippen molar-refractivity contribution in [1.29, 1.82) is 0 Å². The van der Waals surface area contributed by atoms with E-state index >= 15 is 0 Å². The number of anilines is 4. The standard InChI is InChI=1S/C26H33N7O/c1-17(2)29-25(34)21-7-5-6-8-23(21)31-24-18(3)15-28-26(32-24)30-20-9-10-22(27-16-20)19-11-13-33(4)14-12-19/h5-10,15-17,19H,11-14H2,1-4H3,(H,29,34)(H2,28,30,31,32). The van der Waals surface area contributed by atoms with Crippen LogP contribution >= 0.6 is 0 Å². The van der Waals surface area contributed by atoms with Crippen LogP contribution in [0.15, 0.2) is 48.8 Å². The minimum absolute atomic E-state index is 0.0524. The number of carbonyl (C=O) groups is 1. The maximum absolute atomic E-state index is 12.6. The summed E-state index contributed by atoms with van der Waals surface area (Å²) in [6, 6.07) is 11.6. The average Bonchev–Trinajstić information content (AvgIpc) is 2.82. The van der Waals surface area contributed by atoms with Crippen molar-refractivity contribution in [2.75, 3.05) is 30.8 Å². The minimum atomic E-state index is -0.126. The quantitative estimate of drug-likeness (QED) is 0.475. The number of hydrogen-bond acceptors (Lipinski definition) is 7. The van der Waals surface area contributed by atoms with Gasteiger partial charge in [-0.15, -0.1) is 0 Å². The van der Waals surface area contributed by atoms with Gasteiger partial charge >= 0.3 is 0 Å². The number of nitrogens with one attached hydrogen (secondary N) is 3. The van der Waals surface area contributed by atoms with E-state index in [1.165, 1.54) is 0 Å². The van der Waals surface area contributed by atoms with Crippen LogP contribution in [-0.4, -0.2) is 51.9 Å². The molecule has 2 aromatic heterocycles. The fourth-order valence-corrected chi connectivity index (χ4v) is 4.04. The third-order valence-corrected chi connectivity index (χ3v) is 6.00. The zero-order valence-corrected chi connectivity index (χ0v) is 20.3. The number of piperidine rings is 1. The molecule has 0 saturated carbocycles. The molecule has 0 radical (unpaired) electrons. The van der Waals surface area contributed by atoms with Gasteiger partial charge in [0.15, 0.2) is 0 Å². The summed E-state index contributed by atoms with van der Waals surface area (Å²) < 4.78 is 0. The van der Waals surface area contributed by atoms with Gasteiger partial charge < -0.3 is 20.9 Å². The van der Waals surface area contributed by atoms with Crippen LogP contribution < -0.4 is 16.0 Å². The van der Waals surface area contributed by atoms with Crippen LogP contribution in [0.5, 0.6) is 0 Å². The summed E-state index contributed by atoms with van der Waals surface area (Å²) in [4.78, 5) is 28.7. The number of para-hydroxylation sites is 1. The van der Waals surface area contributed by atoms with Gasteiger partial charge in [0.05, 0.1) is 23.1 Å². The molecule has 1 fully saturated rings. The van der Waals surface area contributed by atoms with E-state index in [4.69, 9.17) is 0 Å². The normalized spacial score (nSPS) is 14.7. The van der Waals surface area contributed by atoms with E-state index in [1.807, 2.05) is 51.2 Å². The Hall–Kier alpha value is -3.52. The lowest BCUT2D eigenvalue weighted by Crippen LogP contribution is -2.30. The number of pyridine rings is 1. The van der Waals surface area contributed by atoms with Gasteiger partial charge in [-0.25, -0.2) is 4.98 Å². The molecule has 34 heavy (non-hydrogen) atoms. The van der Waals surface area contributed by atoms with Crippen LogP contribution in [0.3, 0.4) is 0 Å². The first-order valence-corrected chi connectivity index (χ1v) is 11.8. The molecular formula is C26H33N7O. The zero-order chi connectivity index (χ0) is 24.1. The Labute approximate surface area is 201 Å². The Morgan fingerprint density at radius 1 is 1.03 bits per heavy atom. The molecule has 8 nitrogen and oxygen atoms in total. The first-order chi connectivity index (χ1) is 16.4. The number of likely N-dealkylation sites (tertiary alicyclic amines) is 1. The van der Waals surface area contributed by atoms with Gasteiger partial charge in [0.25, 0.3) is 5.91 Å². The molecular weight excluding hydrogens is 426 g/mol. The van der Waals surface area contributed by atoms with Gasteiger partial charge in [-0.1, -0.05) is 12.1 Å². The van der Waals surface area contributed by atoms with Crippen molar-refractivity contribution in [3.8, 4) is 0 Å². The van der Waals surface area contributed by atoms with E-state index in [1.54, 1.807) is 12.3 Å². The molecule has 178 valence electrons. The summed E-state index contributed by atoms with van der Waals surface area (Å²) in [6.07, 6.45) is 5.89. The van der Waals surface area contributed by atoms with E-state index in [9.17, 15) is 4.79 Å². The Kier molecular flexibility index (Phi) is 7.37. The van der Waals surface area contributed by atoms with E-state index in [-0.39, 0.29) is 11.9 Å². The Bertz CT molecular complexity index is 1120. The van der Waals surface area contributed by atoms with Gasteiger partial charge in [-0.2, -0.15) is 4.98 Å². The molecule has 3 aromatic rings. The van der Waals surface area contributed by atoms with Crippen LogP contribution in [0, 0.1) is 6.92 Å². The van der Waals surface area contributed by atoms with Crippen molar-refractivity contribution >= 4 is 29.0 Å². The van der Waals surface area contributed by atoms with Gasteiger partial charge in [0, 0.05) is 29.4 Å². The molecule has 3 heterocycles. The molecule has 0 bridgehead atoms. The molecule has 3 N–H and O–H groups in total. The summed E-state index contributed by atoms with van der Waals surface area (Å²) in [5, 5.41) is 9.49. The second kappa shape index (κ2) is 10.6. The second-order valence-corrected chi connectivity index (χ2v) is 9.20. The molecule has 1 aliphatic rings. The van der Waals surface area contributed by atoms with Gasteiger partial charge in [0.2, 0.25) is 5.95 Å². The van der Waals surface area contributed by atoms with Crippen LogP contribution in [0.25, 0.3) is 0 Å². The van der Waals surface area contributed by atoms with E-state index in [0.717, 1.165) is 42.9 Å². The molecule has 0 atom stereocenters. The largest absolute Gasteiger partial charge is 0.350 e. The van der Waals surface area contributed by atoms with Crippen LogP contribution in [0.2, 0.25) is 0 Å². The predicted molar refractivity (Wildman–Crippen MR) is 136 cm³/mol. The number of benzene rings is 1. The third kappa shape index (κ3) is 5.88. The average molecular weight is 460 g/mol. The lowest BCUT2D eigenvalue weighted by molar-refractivity contribution is 0.0944. The maximum atomic E-state index is 12.6. The molecule has 0 spiro atoms. The van der Waals surface area contributed by atoms with Crippen molar-refractivity contribution < 1.29 is 4.79 Å². The van der Waals surface area contributed by atoms with Crippen LogP contribution in [-0.2, 0) is 0 Å². The Morgan fingerprint density at radius 2 is 1.79 bits per heavy atom. The SMILES string of the molecule is Cc1cnc(Nc2ccc(C3CCN(C)CC3)nc2)nc1Nc1ccccc1C(=O)NC(C)C. The fraction of sp³-hybridized carbons (Fsp3) is 0.385. The summed E-state index contributed by atoms with van der Waals surface area (Å²) in [5.74, 6) is 1.49. The van der Waals surface area contributed by atoms with E-state index in [2.05, 4.69) is 48.9 Å². The van der Waals surface area contributed by atoms with Crippen molar-refractivity contribution in [3.63, 3.8) is 0 Å². The van der Waals surface area contributed by atoms with E-state index < -0.39 is 0 Å². The molecule has 1 aromatic carbocycles. The van der Waals surface area contributed by atoms with Gasteiger partial charge in [-0.3, -0.25) is 9.78 Å². The number of aryl methyl sites for hydroxylation is 1. The number of hydrogen-bond donors (Lipinski definition) is 3.